The van der Waals surface area contributed by atoms with Gasteiger partial charge in [0.05, 0.1) is 30.5 Å². The number of carbonyl (C=O) groups is 3. The number of carbonyl (C=O) groups excluding carboxylic acids is 2. The minimum atomic E-state index is -5.08. The van der Waals surface area contributed by atoms with Crippen molar-refractivity contribution >= 4 is 23.5 Å². The molecule has 2 heterocycles. The SMILES string of the molecule is COc1ccc2c(c1)CC(C(=O)Nc1ccc(-c3cn[nH]c3C)cc1C(=O)N(C)C)CO2.O=C(O)C(F)(F)F. The van der Waals surface area contributed by atoms with Crippen molar-refractivity contribution in [1.82, 2.24) is 15.1 Å². The van der Waals surface area contributed by atoms with Gasteiger partial charge in [-0.2, -0.15) is 18.3 Å². The highest BCUT2D eigenvalue weighted by Crippen LogP contribution is 2.32. The van der Waals surface area contributed by atoms with Gasteiger partial charge in [-0.3, -0.25) is 14.7 Å². The van der Waals surface area contributed by atoms with E-state index in [0.29, 0.717) is 17.7 Å². The number of halogens is 3. The number of alkyl halides is 3. The molecule has 3 aromatic rings. The smallest absolute Gasteiger partial charge is 0.490 e. The second-order valence-electron chi connectivity index (χ2n) is 8.85. The van der Waals surface area contributed by atoms with E-state index in [4.69, 9.17) is 19.4 Å². The van der Waals surface area contributed by atoms with Crippen molar-refractivity contribution in [2.45, 2.75) is 19.5 Å². The van der Waals surface area contributed by atoms with Crippen LogP contribution in [0.2, 0.25) is 0 Å². The van der Waals surface area contributed by atoms with Crippen molar-refractivity contribution in [3.63, 3.8) is 0 Å². The number of nitrogens with zero attached hydrogens (tertiary/aromatic N) is 2. The fourth-order valence-electron chi connectivity index (χ4n) is 3.78. The highest BCUT2D eigenvalue weighted by Gasteiger charge is 2.38. The third-order valence-electron chi connectivity index (χ3n) is 5.84. The van der Waals surface area contributed by atoms with Crippen LogP contribution in [-0.2, 0) is 16.0 Å². The zero-order chi connectivity index (χ0) is 28.9. The lowest BCUT2D eigenvalue weighted by Gasteiger charge is -2.25. The van der Waals surface area contributed by atoms with Gasteiger partial charge in [-0.1, -0.05) is 6.07 Å². The summed E-state index contributed by atoms with van der Waals surface area (Å²) in [5.74, 6) is -2.05. The molecular formula is C26H27F3N4O6. The molecule has 1 atom stereocenters. The maximum atomic E-state index is 13.1. The van der Waals surface area contributed by atoms with E-state index in [0.717, 1.165) is 33.9 Å². The third kappa shape index (κ3) is 7.06. The zero-order valence-electron chi connectivity index (χ0n) is 21.5. The van der Waals surface area contributed by atoms with E-state index in [2.05, 4.69) is 15.5 Å². The molecule has 1 aliphatic rings. The monoisotopic (exact) mass is 548 g/mol. The standard InChI is InChI=1S/C24H26N4O4.C2HF3O2/c1-14-20(12-25-27-14)15-5-7-21(19(11-15)24(30)28(2)3)26-23(29)17-9-16-10-18(31-4)6-8-22(16)32-13-17;3-2(4,5)1(6)7/h5-8,10-12,17H,9,13H2,1-4H3,(H,25,27)(H,26,29);(H,6,7). The number of amides is 2. The number of carboxylic acids is 1. The van der Waals surface area contributed by atoms with Crippen LogP contribution in [0.15, 0.2) is 42.6 Å². The average Bonchev–Trinajstić information content (AvgIpc) is 3.33. The Bertz CT molecular complexity index is 1370. The second-order valence-corrected chi connectivity index (χ2v) is 8.85. The minimum absolute atomic E-state index is 0.196. The van der Waals surface area contributed by atoms with E-state index >= 15 is 0 Å². The van der Waals surface area contributed by atoms with Crippen LogP contribution in [0, 0.1) is 12.8 Å². The number of aryl methyl sites for hydroxylation is 1. The predicted octanol–water partition coefficient (Wildman–Crippen LogP) is 3.92. The molecule has 1 aromatic heterocycles. The van der Waals surface area contributed by atoms with Gasteiger partial charge < -0.3 is 24.8 Å². The topological polar surface area (TPSA) is 134 Å². The number of hydrogen-bond donors (Lipinski definition) is 3. The van der Waals surface area contributed by atoms with Gasteiger partial charge in [0, 0.05) is 25.4 Å². The Kier molecular flexibility index (Phi) is 8.84. The number of aromatic nitrogens is 2. The van der Waals surface area contributed by atoms with E-state index in [-0.39, 0.29) is 24.3 Å². The first kappa shape index (κ1) is 29.0. The molecule has 0 saturated carbocycles. The number of carboxylic acid groups (broad SMARTS) is 1. The van der Waals surface area contributed by atoms with Crippen molar-refractivity contribution in [3.05, 3.63) is 59.4 Å². The number of anilines is 1. The third-order valence-corrected chi connectivity index (χ3v) is 5.84. The number of ether oxygens (including phenoxy) is 2. The first-order chi connectivity index (χ1) is 18.3. The van der Waals surface area contributed by atoms with Crippen LogP contribution in [0.3, 0.4) is 0 Å². The number of hydrogen-bond acceptors (Lipinski definition) is 6. The van der Waals surface area contributed by atoms with E-state index < -0.39 is 12.1 Å². The van der Waals surface area contributed by atoms with Gasteiger partial charge in [0.25, 0.3) is 5.91 Å². The van der Waals surface area contributed by atoms with E-state index in [1.165, 1.54) is 4.90 Å². The van der Waals surface area contributed by atoms with Crippen molar-refractivity contribution in [3.8, 4) is 22.6 Å². The fourth-order valence-corrected chi connectivity index (χ4v) is 3.78. The predicted molar refractivity (Wildman–Crippen MR) is 135 cm³/mol. The molecule has 0 aliphatic carbocycles. The number of H-pyrrole nitrogens is 1. The van der Waals surface area contributed by atoms with Gasteiger partial charge in [-0.05, 0) is 54.8 Å². The van der Waals surface area contributed by atoms with Crippen LogP contribution in [-0.4, -0.2) is 72.0 Å². The molecule has 2 aromatic carbocycles. The van der Waals surface area contributed by atoms with Gasteiger partial charge in [-0.15, -0.1) is 0 Å². The number of methoxy groups -OCH3 is 1. The Morgan fingerprint density at radius 2 is 1.87 bits per heavy atom. The average molecular weight is 549 g/mol. The summed E-state index contributed by atoms with van der Waals surface area (Å²) in [5.41, 5.74) is 4.46. The molecule has 0 fully saturated rings. The van der Waals surface area contributed by atoms with Crippen molar-refractivity contribution in [1.29, 1.82) is 0 Å². The minimum Gasteiger partial charge on any atom is -0.497 e. The summed E-state index contributed by atoms with van der Waals surface area (Å²) in [7, 11) is 4.97. The van der Waals surface area contributed by atoms with Gasteiger partial charge in [0.1, 0.15) is 18.1 Å². The highest BCUT2D eigenvalue weighted by atomic mass is 19.4. The zero-order valence-corrected chi connectivity index (χ0v) is 21.5. The Morgan fingerprint density at radius 3 is 2.44 bits per heavy atom. The maximum Gasteiger partial charge on any atom is 0.490 e. The lowest BCUT2D eigenvalue weighted by Crippen LogP contribution is -2.33. The molecule has 10 nitrogen and oxygen atoms in total. The van der Waals surface area contributed by atoms with E-state index in [1.807, 2.05) is 31.2 Å². The molecule has 1 aliphatic heterocycles. The normalized spacial score (nSPS) is 14.2. The molecule has 0 saturated heterocycles. The number of benzene rings is 2. The van der Waals surface area contributed by atoms with Gasteiger partial charge in [-0.25, -0.2) is 4.79 Å². The fraction of sp³-hybridized carbons (Fsp3) is 0.308. The van der Waals surface area contributed by atoms with Crippen LogP contribution < -0.4 is 14.8 Å². The molecule has 3 N–H and O–H groups in total. The van der Waals surface area contributed by atoms with Crippen LogP contribution in [0.25, 0.3) is 11.1 Å². The lowest BCUT2D eigenvalue weighted by molar-refractivity contribution is -0.192. The largest absolute Gasteiger partial charge is 0.497 e. The molecule has 0 radical (unpaired) electrons. The maximum absolute atomic E-state index is 13.1. The summed E-state index contributed by atoms with van der Waals surface area (Å²) in [5, 5.41) is 17.0. The molecule has 4 rings (SSSR count). The Morgan fingerprint density at radius 1 is 1.18 bits per heavy atom. The summed E-state index contributed by atoms with van der Waals surface area (Å²) in [6.45, 7) is 2.19. The second kappa shape index (κ2) is 11.9. The van der Waals surface area contributed by atoms with Crippen LogP contribution in [0.4, 0.5) is 18.9 Å². The molecule has 39 heavy (non-hydrogen) atoms. The summed E-state index contributed by atoms with van der Waals surface area (Å²) in [6.07, 6.45) is -2.83. The lowest BCUT2D eigenvalue weighted by atomic mass is 9.95. The van der Waals surface area contributed by atoms with Gasteiger partial charge in [0.15, 0.2) is 0 Å². The van der Waals surface area contributed by atoms with Gasteiger partial charge >= 0.3 is 12.1 Å². The van der Waals surface area contributed by atoms with Crippen molar-refractivity contribution in [2.75, 3.05) is 33.1 Å². The van der Waals surface area contributed by atoms with Crippen LogP contribution >= 0.6 is 0 Å². The summed E-state index contributed by atoms with van der Waals surface area (Å²) < 4.78 is 42.8. The molecular weight excluding hydrogens is 521 g/mol. The Hall–Kier alpha value is -4.55. The van der Waals surface area contributed by atoms with E-state index in [1.54, 1.807) is 39.5 Å². The number of fused-ring (bicyclic) bond motifs is 1. The molecule has 13 heteroatoms. The summed E-state index contributed by atoms with van der Waals surface area (Å²) in [6, 6.07) is 11.0. The molecule has 0 bridgehead atoms. The molecule has 0 spiro atoms. The van der Waals surface area contributed by atoms with Crippen LogP contribution in [0.5, 0.6) is 11.5 Å². The molecule has 208 valence electrons. The summed E-state index contributed by atoms with van der Waals surface area (Å²) >= 11 is 0. The van der Waals surface area contributed by atoms with Gasteiger partial charge in [0.2, 0.25) is 5.91 Å². The Labute approximate surface area is 221 Å². The van der Waals surface area contributed by atoms with E-state index in [9.17, 15) is 22.8 Å². The highest BCUT2D eigenvalue weighted by molar-refractivity contribution is 6.05. The molecule has 2 amide bonds. The first-order valence-corrected chi connectivity index (χ1v) is 11.6. The number of rotatable bonds is 5. The summed E-state index contributed by atoms with van der Waals surface area (Å²) in [4.78, 5) is 36.3. The van der Waals surface area contributed by atoms with Crippen LogP contribution in [0.1, 0.15) is 21.6 Å². The number of aromatic amines is 1. The number of aliphatic carboxylic acids is 1. The quantitative estimate of drug-likeness (QED) is 0.440. The molecule has 1 unspecified atom stereocenters. The van der Waals surface area contributed by atoms with Crippen molar-refractivity contribution in [2.24, 2.45) is 5.92 Å². The van der Waals surface area contributed by atoms with Crippen molar-refractivity contribution < 1.29 is 42.1 Å². The first-order valence-electron chi connectivity index (χ1n) is 11.6. The number of nitrogens with one attached hydrogen (secondary N) is 2. The Balaban J connectivity index is 0.000000532.